The highest BCUT2D eigenvalue weighted by atomic mass is 16.4. The van der Waals surface area contributed by atoms with Crippen molar-refractivity contribution in [2.75, 3.05) is 4.90 Å². The molecule has 5 heteroatoms. The van der Waals surface area contributed by atoms with E-state index in [1.165, 1.54) is 13.0 Å². The molecule has 31 heavy (non-hydrogen) atoms. The summed E-state index contributed by atoms with van der Waals surface area (Å²) in [6.07, 6.45) is 5.21. The Hall–Kier alpha value is -3.21. The molecule has 2 aliphatic rings. The third kappa shape index (κ3) is 3.80. The van der Waals surface area contributed by atoms with Crippen molar-refractivity contribution in [1.82, 2.24) is 0 Å². The quantitative estimate of drug-likeness (QED) is 0.740. The van der Waals surface area contributed by atoms with Gasteiger partial charge in [0.05, 0.1) is 17.2 Å². The Balaban J connectivity index is 1.94. The zero-order valence-corrected chi connectivity index (χ0v) is 17.9. The van der Waals surface area contributed by atoms with Gasteiger partial charge in [-0.1, -0.05) is 55.2 Å². The molecule has 0 aromatic heterocycles. The molecule has 1 aliphatic carbocycles. The van der Waals surface area contributed by atoms with Gasteiger partial charge in [-0.25, -0.2) is 4.79 Å². The summed E-state index contributed by atoms with van der Waals surface area (Å²) in [5, 5.41) is 9.73. The van der Waals surface area contributed by atoms with E-state index in [2.05, 4.69) is 0 Å². The van der Waals surface area contributed by atoms with Gasteiger partial charge in [0.2, 0.25) is 0 Å². The van der Waals surface area contributed by atoms with Gasteiger partial charge >= 0.3 is 5.97 Å². The van der Waals surface area contributed by atoms with E-state index in [-0.39, 0.29) is 34.8 Å². The fraction of sp³-hybridized carbons (Fsp3) is 0.346. The van der Waals surface area contributed by atoms with E-state index in [1.807, 2.05) is 31.2 Å². The van der Waals surface area contributed by atoms with Gasteiger partial charge in [-0.05, 0) is 50.8 Å². The minimum absolute atomic E-state index is 0.0396. The number of ketones is 1. The van der Waals surface area contributed by atoms with Crippen LogP contribution >= 0.6 is 0 Å². The van der Waals surface area contributed by atoms with Gasteiger partial charge in [0, 0.05) is 16.8 Å². The maximum absolute atomic E-state index is 13.9. The molecule has 1 aliphatic heterocycles. The minimum atomic E-state index is -1.11. The molecule has 1 amide bonds. The highest BCUT2D eigenvalue weighted by Gasteiger charge is 2.46. The summed E-state index contributed by atoms with van der Waals surface area (Å²) < 4.78 is 0. The summed E-state index contributed by atoms with van der Waals surface area (Å²) in [5.74, 6) is -1.40. The predicted molar refractivity (Wildman–Crippen MR) is 120 cm³/mol. The standard InChI is InChI=1S/C26H27NO4/c1-16-12-14-19(15-13-16)27-24(18-8-4-3-5-9-18)22(17(2)28)23(25(27)29)20-10-6-7-11-21(20)26(30)31/h6-7,10-15,18,24H,3-5,8-9H2,1-2H3,(H,30,31). The number of nitrogens with zero attached hydrogens (tertiary/aromatic N) is 1. The minimum Gasteiger partial charge on any atom is -0.478 e. The van der Waals surface area contributed by atoms with Crippen molar-refractivity contribution >= 4 is 28.9 Å². The van der Waals surface area contributed by atoms with Gasteiger partial charge in [-0.15, -0.1) is 0 Å². The van der Waals surface area contributed by atoms with Crippen LogP contribution in [0, 0.1) is 12.8 Å². The smallest absolute Gasteiger partial charge is 0.336 e. The van der Waals surface area contributed by atoms with Crippen LogP contribution in [0.5, 0.6) is 0 Å². The average molecular weight is 418 g/mol. The molecule has 1 N–H and O–H groups in total. The zero-order valence-electron chi connectivity index (χ0n) is 17.9. The maximum Gasteiger partial charge on any atom is 0.336 e. The molecule has 0 radical (unpaired) electrons. The van der Waals surface area contributed by atoms with Crippen LogP contribution in [0.25, 0.3) is 5.57 Å². The molecule has 1 fully saturated rings. The average Bonchev–Trinajstić information content (AvgIpc) is 3.08. The first-order valence-electron chi connectivity index (χ1n) is 10.9. The van der Waals surface area contributed by atoms with Crippen molar-refractivity contribution in [3.63, 3.8) is 0 Å². The van der Waals surface area contributed by atoms with E-state index in [1.54, 1.807) is 23.1 Å². The number of hydrogen-bond donors (Lipinski definition) is 1. The van der Waals surface area contributed by atoms with Crippen molar-refractivity contribution < 1.29 is 19.5 Å². The van der Waals surface area contributed by atoms with E-state index in [9.17, 15) is 19.5 Å². The molecular weight excluding hydrogens is 390 g/mol. The molecule has 1 heterocycles. The van der Waals surface area contributed by atoms with Crippen LogP contribution in [-0.2, 0) is 9.59 Å². The summed E-state index contributed by atoms with van der Waals surface area (Å²) >= 11 is 0. The molecule has 2 aromatic rings. The third-order valence-corrected chi connectivity index (χ3v) is 6.49. The van der Waals surface area contributed by atoms with Gasteiger partial charge in [-0.3, -0.25) is 9.59 Å². The van der Waals surface area contributed by atoms with Crippen molar-refractivity contribution in [1.29, 1.82) is 0 Å². The number of amides is 1. The number of rotatable bonds is 5. The van der Waals surface area contributed by atoms with Crippen LogP contribution < -0.4 is 4.90 Å². The van der Waals surface area contributed by atoms with Crippen molar-refractivity contribution in [3.8, 4) is 0 Å². The number of carbonyl (C=O) groups is 3. The number of carboxylic acid groups (broad SMARTS) is 1. The van der Waals surface area contributed by atoms with Gasteiger partial charge in [0.25, 0.3) is 5.91 Å². The first-order chi connectivity index (χ1) is 14.9. The van der Waals surface area contributed by atoms with E-state index in [0.717, 1.165) is 43.4 Å². The molecule has 1 unspecified atom stereocenters. The molecule has 5 nitrogen and oxygen atoms in total. The number of aryl methyl sites for hydroxylation is 1. The first kappa shape index (κ1) is 21.0. The Morgan fingerprint density at radius 1 is 0.968 bits per heavy atom. The highest BCUT2D eigenvalue weighted by molar-refractivity contribution is 6.36. The lowest BCUT2D eigenvalue weighted by molar-refractivity contribution is -0.114. The molecule has 2 aromatic carbocycles. The lowest BCUT2D eigenvalue weighted by Crippen LogP contribution is -2.42. The fourth-order valence-corrected chi connectivity index (χ4v) is 5.05. The summed E-state index contributed by atoms with van der Waals surface area (Å²) in [7, 11) is 0. The Labute approximate surface area is 182 Å². The Morgan fingerprint density at radius 2 is 1.61 bits per heavy atom. The lowest BCUT2D eigenvalue weighted by Gasteiger charge is -2.35. The predicted octanol–water partition coefficient (Wildman–Crippen LogP) is 5.03. The second-order valence-corrected chi connectivity index (χ2v) is 8.55. The highest BCUT2D eigenvalue weighted by Crippen LogP contribution is 2.44. The first-order valence-corrected chi connectivity index (χ1v) is 10.9. The number of benzene rings is 2. The molecule has 0 spiro atoms. The molecule has 1 atom stereocenters. The van der Waals surface area contributed by atoms with Crippen LogP contribution in [0.3, 0.4) is 0 Å². The summed E-state index contributed by atoms with van der Waals surface area (Å²) in [5.41, 5.74) is 2.87. The van der Waals surface area contributed by atoms with E-state index in [4.69, 9.17) is 0 Å². The molecule has 160 valence electrons. The van der Waals surface area contributed by atoms with E-state index >= 15 is 0 Å². The van der Waals surface area contributed by atoms with Crippen LogP contribution in [-0.4, -0.2) is 28.8 Å². The van der Waals surface area contributed by atoms with Crippen LogP contribution in [0.2, 0.25) is 0 Å². The Morgan fingerprint density at radius 3 is 2.23 bits per heavy atom. The lowest BCUT2D eigenvalue weighted by atomic mass is 9.79. The monoisotopic (exact) mass is 417 g/mol. The van der Waals surface area contributed by atoms with Crippen molar-refractivity contribution in [2.45, 2.75) is 52.0 Å². The Bertz CT molecular complexity index is 1060. The fourth-order valence-electron chi connectivity index (χ4n) is 5.05. The van der Waals surface area contributed by atoms with Gasteiger partial charge in [-0.2, -0.15) is 0 Å². The van der Waals surface area contributed by atoms with Gasteiger partial charge < -0.3 is 10.0 Å². The van der Waals surface area contributed by atoms with Crippen molar-refractivity contribution in [2.24, 2.45) is 5.92 Å². The number of hydrogen-bond acceptors (Lipinski definition) is 3. The van der Waals surface area contributed by atoms with Crippen molar-refractivity contribution in [3.05, 3.63) is 70.8 Å². The van der Waals surface area contributed by atoms with E-state index in [0.29, 0.717) is 11.1 Å². The van der Waals surface area contributed by atoms with Gasteiger partial charge in [0.1, 0.15) is 0 Å². The molecule has 0 bridgehead atoms. The second-order valence-electron chi connectivity index (χ2n) is 8.55. The number of carboxylic acids is 1. The number of Topliss-reactive ketones (excluding diaryl/α,β-unsaturated/α-hetero) is 1. The van der Waals surface area contributed by atoms with Gasteiger partial charge in [0.15, 0.2) is 5.78 Å². The molecule has 0 saturated heterocycles. The number of carbonyl (C=O) groups excluding carboxylic acids is 2. The maximum atomic E-state index is 13.9. The third-order valence-electron chi connectivity index (χ3n) is 6.49. The van der Waals surface area contributed by atoms with E-state index < -0.39 is 5.97 Å². The Kier molecular flexibility index (Phi) is 5.77. The van der Waals surface area contributed by atoms with Crippen LogP contribution in [0.4, 0.5) is 5.69 Å². The summed E-state index contributed by atoms with van der Waals surface area (Å²) in [4.78, 5) is 40.5. The number of anilines is 1. The summed E-state index contributed by atoms with van der Waals surface area (Å²) in [6, 6.07) is 13.8. The largest absolute Gasteiger partial charge is 0.478 e. The SMILES string of the molecule is CC(=O)C1=C(c2ccccc2C(=O)O)C(=O)N(c2ccc(C)cc2)C1C1CCCCC1. The molecule has 4 rings (SSSR count). The summed E-state index contributed by atoms with van der Waals surface area (Å²) in [6.45, 7) is 3.47. The van der Waals surface area contributed by atoms with Crippen LogP contribution in [0.15, 0.2) is 54.1 Å². The molecule has 1 saturated carbocycles. The topological polar surface area (TPSA) is 74.7 Å². The molecular formula is C26H27NO4. The second kappa shape index (κ2) is 8.50. The van der Waals surface area contributed by atoms with Crippen LogP contribution in [0.1, 0.15) is 60.5 Å². The normalized spacial score (nSPS) is 19.7. The zero-order chi connectivity index (χ0) is 22.1. The number of aromatic carboxylic acids is 1.